The molecule has 1 aliphatic rings. The fourth-order valence-corrected chi connectivity index (χ4v) is 6.89. The average molecular weight is 727 g/mol. The minimum Gasteiger partial charge on any atom is -0.497 e. The van der Waals surface area contributed by atoms with Crippen LogP contribution in [0.25, 0.3) is 0 Å². The van der Waals surface area contributed by atoms with Crippen LogP contribution in [-0.2, 0) is 14.8 Å². The highest BCUT2D eigenvalue weighted by Gasteiger charge is 2.32. The van der Waals surface area contributed by atoms with E-state index in [1.54, 1.807) is 73.5 Å². The van der Waals surface area contributed by atoms with E-state index in [2.05, 4.69) is 10.6 Å². The van der Waals surface area contributed by atoms with Crippen molar-refractivity contribution in [2.24, 2.45) is 5.92 Å². The van der Waals surface area contributed by atoms with Gasteiger partial charge in [0, 0.05) is 44.0 Å². The molecule has 3 aromatic rings. The van der Waals surface area contributed by atoms with Crippen LogP contribution in [0.5, 0.6) is 17.2 Å². The van der Waals surface area contributed by atoms with E-state index < -0.39 is 34.1 Å². The Kier molecular flexibility index (Phi) is 14.1. The van der Waals surface area contributed by atoms with E-state index in [0.29, 0.717) is 41.7 Å². The van der Waals surface area contributed by atoms with Gasteiger partial charge in [-0.25, -0.2) is 13.2 Å². The molecule has 51 heavy (non-hydrogen) atoms. The summed E-state index contributed by atoms with van der Waals surface area (Å²) in [6, 6.07) is 16.8. The number of hydrogen-bond acceptors (Lipinski definition) is 9. The van der Waals surface area contributed by atoms with Crippen molar-refractivity contribution in [1.82, 2.24) is 9.21 Å². The Labute approximate surface area is 300 Å². The van der Waals surface area contributed by atoms with Gasteiger partial charge in [0.2, 0.25) is 10.0 Å². The van der Waals surface area contributed by atoms with Crippen molar-refractivity contribution in [3.63, 3.8) is 0 Å². The molecule has 14 heteroatoms. The summed E-state index contributed by atoms with van der Waals surface area (Å²) in [5.74, 6) is 0.786. The zero-order valence-corrected chi connectivity index (χ0v) is 30.9. The first-order valence-electron chi connectivity index (χ1n) is 17.0. The normalized spacial score (nSPS) is 19.6. The maximum absolute atomic E-state index is 14.4. The van der Waals surface area contributed by atoms with Gasteiger partial charge >= 0.3 is 6.03 Å². The molecule has 4 atom stereocenters. The molecule has 0 saturated heterocycles. The van der Waals surface area contributed by atoms with E-state index in [0.717, 1.165) is 12.8 Å². The van der Waals surface area contributed by atoms with Crippen LogP contribution in [0.15, 0.2) is 71.6 Å². The number of aliphatic hydroxyl groups is 1. The quantitative estimate of drug-likeness (QED) is 0.247. The molecule has 13 nitrogen and oxygen atoms in total. The number of carbonyl (C=O) groups excluding carboxylic acids is 2. The first-order chi connectivity index (χ1) is 24.4. The van der Waals surface area contributed by atoms with Gasteiger partial charge in [0.15, 0.2) is 0 Å². The summed E-state index contributed by atoms with van der Waals surface area (Å²) in [6.45, 7) is 5.82. The summed E-state index contributed by atoms with van der Waals surface area (Å²) in [7, 11) is 0.718. The number of sulfonamides is 1. The smallest absolute Gasteiger partial charge is 0.323 e. The van der Waals surface area contributed by atoms with Gasteiger partial charge in [-0.1, -0.05) is 6.92 Å². The van der Waals surface area contributed by atoms with Gasteiger partial charge < -0.3 is 39.6 Å². The summed E-state index contributed by atoms with van der Waals surface area (Å²) in [4.78, 5) is 29.0. The molecule has 0 aromatic heterocycles. The lowest BCUT2D eigenvalue weighted by Crippen LogP contribution is -2.48. The minimum atomic E-state index is -3.86. The standard InChI is InChI=1S/C37H50N4O9S/c1-25-22-41(26(2)24-42)36(43)33-21-29(39-37(44)38-28-10-13-30(47-5)14-11-28)12-19-34(33)50-27(3)9-7-8-20-49-35(25)23-40(4)51(45,46)32-17-15-31(48-6)16-18-32/h10-19,21,25-27,35,42H,7-9,20,22-24H2,1-6H3,(H2,38,39,44)/t25-,26-,27+,35-/m1/s1. The topological polar surface area (TPSA) is 156 Å². The van der Waals surface area contributed by atoms with Crippen molar-refractivity contribution in [2.75, 3.05) is 58.2 Å². The Hall–Kier alpha value is -4.37. The fourth-order valence-electron chi connectivity index (χ4n) is 5.71. The maximum Gasteiger partial charge on any atom is 0.323 e. The number of fused-ring (bicyclic) bond motifs is 1. The molecular weight excluding hydrogens is 676 g/mol. The predicted molar refractivity (Wildman–Crippen MR) is 195 cm³/mol. The fraction of sp³-hybridized carbons (Fsp3) is 0.459. The summed E-state index contributed by atoms with van der Waals surface area (Å²) in [5.41, 5.74) is 1.13. The third-order valence-electron chi connectivity index (χ3n) is 8.86. The molecule has 1 aliphatic heterocycles. The number of amides is 3. The Balaban J connectivity index is 1.61. The average Bonchev–Trinajstić information content (AvgIpc) is 3.12. The number of hydrogen-bond donors (Lipinski definition) is 3. The molecule has 0 saturated carbocycles. The van der Waals surface area contributed by atoms with Crippen LogP contribution in [0, 0.1) is 5.92 Å². The van der Waals surface area contributed by atoms with Gasteiger partial charge in [0.25, 0.3) is 5.91 Å². The highest BCUT2D eigenvalue weighted by Crippen LogP contribution is 2.29. The van der Waals surface area contributed by atoms with Crippen molar-refractivity contribution < 1.29 is 42.1 Å². The van der Waals surface area contributed by atoms with Gasteiger partial charge in [0.05, 0.1) is 49.5 Å². The van der Waals surface area contributed by atoms with Crippen molar-refractivity contribution in [3.8, 4) is 17.2 Å². The van der Waals surface area contributed by atoms with Crippen LogP contribution >= 0.6 is 0 Å². The number of rotatable bonds is 10. The lowest BCUT2D eigenvalue weighted by Gasteiger charge is -2.35. The maximum atomic E-state index is 14.4. The zero-order valence-electron chi connectivity index (χ0n) is 30.1. The number of carbonyl (C=O) groups is 2. The first-order valence-corrected chi connectivity index (χ1v) is 18.5. The van der Waals surface area contributed by atoms with E-state index in [1.807, 2.05) is 13.8 Å². The number of ether oxygens (including phenoxy) is 4. The van der Waals surface area contributed by atoms with Crippen LogP contribution < -0.4 is 24.8 Å². The number of urea groups is 1. The second-order valence-electron chi connectivity index (χ2n) is 12.8. The van der Waals surface area contributed by atoms with Crippen LogP contribution in [0.2, 0.25) is 0 Å². The second-order valence-corrected chi connectivity index (χ2v) is 14.8. The van der Waals surface area contributed by atoms with E-state index in [-0.39, 0.29) is 42.2 Å². The molecule has 0 fully saturated rings. The molecule has 0 spiro atoms. The number of nitrogens with zero attached hydrogens (tertiary/aromatic N) is 2. The molecule has 4 rings (SSSR count). The molecule has 0 unspecified atom stereocenters. The Morgan fingerprint density at radius 2 is 1.59 bits per heavy atom. The second kappa shape index (κ2) is 18.2. The molecule has 3 N–H and O–H groups in total. The molecule has 0 bridgehead atoms. The number of nitrogens with one attached hydrogen (secondary N) is 2. The van der Waals surface area contributed by atoms with Crippen LogP contribution in [0.1, 0.15) is 50.4 Å². The summed E-state index contributed by atoms with van der Waals surface area (Å²) in [5, 5.41) is 15.8. The van der Waals surface area contributed by atoms with Gasteiger partial charge in [-0.05, 0) is 99.8 Å². The van der Waals surface area contributed by atoms with E-state index in [1.165, 1.54) is 30.6 Å². The van der Waals surface area contributed by atoms with E-state index in [9.17, 15) is 23.1 Å². The highest BCUT2D eigenvalue weighted by molar-refractivity contribution is 7.89. The Morgan fingerprint density at radius 1 is 0.980 bits per heavy atom. The molecule has 0 radical (unpaired) electrons. The lowest BCUT2D eigenvalue weighted by molar-refractivity contribution is -0.00834. The molecular formula is C37H50N4O9S. The number of aliphatic hydroxyl groups excluding tert-OH is 1. The molecule has 278 valence electrons. The van der Waals surface area contributed by atoms with Gasteiger partial charge in [0.1, 0.15) is 17.2 Å². The SMILES string of the molecule is COc1ccc(NC(=O)Nc2ccc3c(c2)C(=O)N([C@H](C)CO)C[C@@H](C)[C@@H](CN(C)S(=O)(=O)c2ccc(OC)cc2)OCCCC[C@H](C)O3)cc1. The van der Waals surface area contributed by atoms with E-state index >= 15 is 0 Å². The number of methoxy groups -OCH3 is 2. The Bertz CT molecular complexity index is 1700. The van der Waals surface area contributed by atoms with Crippen molar-refractivity contribution in [3.05, 3.63) is 72.3 Å². The summed E-state index contributed by atoms with van der Waals surface area (Å²) >= 11 is 0. The minimum absolute atomic E-state index is 0.0402. The molecule has 1 heterocycles. The number of likely N-dealkylation sites (N-methyl/N-ethyl adjacent to an activating group) is 1. The van der Waals surface area contributed by atoms with Crippen molar-refractivity contribution >= 4 is 33.3 Å². The van der Waals surface area contributed by atoms with Gasteiger partial charge in [-0.15, -0.1) is 0 Å². The lowest BCUT2D eigenvalue weighted by atomic mass is 10.0. The van der Waals surface area contributed by atoms with Crippen molar-refractivity contribution in [2.45, 2.75) is 63.2 Å². The zero-order chi connectivity index (χ0) is 37.1. The predicted octanol–water partition coefficient (Wildman–Crippen LogP) is 5.46. The van der Waals surface area contributed by atoms with Crippen LogP contribution in [-0.4, -0.2) is 100 Å². The third-order valence-corrected chi connectivity index (χ3v) is 10.7. The van der Waals surface area contributed by atoms with Gasteiger partial charge in [-0.3, -0.25) is 4.79 Å². The monoisotopic (exact) mass is 726 g/mol. The Morgan fingerprint density at radius 3 is 2.22 bits per heavy atom. The van der Waals surface area contributed by atoms with Crippen LogP contribution in [0.3, 0.4) is 0 Å². The van der Waals surface area contributed by atoms with Crippen LogP contribution in [0.4, 0.5) is 16.2 Å². The molecule has 3 aromatic carbocycles. The largest absolute Gasteiger partial charge is 0.497 e. The number of benzene rings is 3. The van der Waals surface area contributed by atoms with Gasteiger partial charge in [-0.2, -0.15) is 4.31 Å². The van der Waals surface area contributed by atoms with E-state index in [4.69, 9.17) is 18.9 Å². The highest BCUT2D eigenvalue weighted by atomic mass is 32.2. The van der Waals surface area contributed by atoms with Crippen molar-refractivity contribution in [1.29, 1.82) is 0 Å². The first kappa shape index (κ1) is 39.4. The number of anilines is 2. The molecule has 0 aliphatic carbocycles. The summed E-state index contributed by atoms with van der Waals surface area (Å²) < 4.78 is 51.3. The summed E-state index contributed by atoms with van der Waals surface area (Å²) in [6.07, 6.45) is 1.38. The molecule has 3 amide bonds. The third kappa shape index (κ3) is 10.6.